The minimum absolute atomic E-state index is 0. The number of rotatable bonds is 6. The van der Waals surface area contributed by atoms with E-state index in [1.165, 1.54) is 11.1 Å². The first-order valence-corrected chi connectivity index (χ1v) is 10.6. The van der Waals surface area contributed by atoms with E-state index in [0.29, 0.717) is 31.8 Å². The number of benzene rings is 1. The average molecular weight is 527 g/mol. The Kier molecular flexibility index (Phi) is 9.87. The summed E-state index contributed by atoms with van der Waals surface area (Å²) >= 11 is 0. The van der Waals surface area contributed by atoms with Gasteiger partial charge in [0.1, 0.15) is 0 Å². The molecule has 3 rings (SSSR count). The van der Waals surface area contributed by atoms with Crippen LogP contribution in [0.3, 0.4) is 0 Å². The molecule has 2 aliphatic heterocycles. The molecular weight excluding hydrogens is 493 g/mol. The maximum Gasteiger partial charge on any atom is 0.222 e. The third kappa shape index (κ3) is 6.85. The molecule has 0 bridgehead atoms. The highest BCUT2D eigenvalue weighted by Crippen LogP contribution is 2.20. The number of piperidine rings is 1. The predicted octanol–water partition coefficient (Wildman–Crippen LogP) is 2.35. The van der Waals surface area contributed by atoms with Gasteiger partial charge in [-0.25, -0.2) is 0 Å². The molecule has 2 N–H and O–H groups in total. The van der Waals surface area contributed by atoms with Crippen molar-refractivity contribution in [1.29, 1.82) is 0 Å². The van der Waals surface area contributed by atoms with Crippen molar-refractivity contribution in [2.24, 2.45) is 10.9 Å². The summed E-state index contributed by atoms with van der Waals surface area (Å²) in [5, 5.41) is 6.17. The van der Waals surface area contributed by atoms with Crippen LogP contribution in [0.25, 0.3) is 0 Å². The topological polar surface area (TPSA) is 77.0 Å². The fourth-order valence-electron chi connectivity index (χ4n) is 4.08. The number of hydrogen-bond acceptors (Lipinski definition) is 3. The van der Waals surface area contributed by atoms with Crippen molar-refractivity contribution in [2.75, 3.05) is 33.7 Å². The first-order valence-electron chi connectivity index (χ1n) is 10.6. The zero-order valence-electron chi connectivity index (χ0n) is 18.0. The third-order valence-electron chi connectivity index (χ3n) is 5.90. The summed E-state index contributed by atoms with van der Waals surface area (Å²) in [5.41, 5.74) is 2.36. The minimum Gasteiger partial charge on any atom is -0.359 e. The van der Waals surface area contributed by atoms with Crippen LogP contribution in [0.15, 0.2) is 29.3 Å². The summed E-state index contributed by atoms with van der Waals surface area (Å²) < 4.78 is 0. The highest BCUT2D eigenvalue weighted by Gasteiger charge is 2.23. The van der Waals surface area contributed by atoms with Crippen LogP contribution in [-0.2, 0) is 22.7 Å². The Labute approximate surface area is 196 Å². The number of aliphatic imine (C=N–C) groups is 1. The first-order chi connectivity index (χ1) is 14.1. The normalized spacial score (nSPS) is 17.7. The Morgan fingerprint density at radius 1 is 1.13 bits per heavy atom. The van der Waals surface area contributed by atoms with Crippen molar-refractivity contribution in [3.63, 3.8) is 0 Å². The van der Waals surface area contributed by atoms with Crippen LogP contribution in [0.1, 0.15) is 43.2 Å². The first kappa shape index (κ1) is 24.4. The highest BCUT2D eigenvalue weighted by atomic mass is 127. The van der Waals surface area contributed by atoms with Crippen molar-refractivity contribution in [3.8, 4) is 0 Å². The minimum atomic E-state index is 0. The summed E-state index contributed by atoms with van der Waals surface area (Å²) in [7, 11) is 3.51. The molecule has 0 radical (unpaired) electrons. The molecule has 2 aliphatic rings. The molecule has 166 valence electrons. The molecule has 8 heteroatoms. The number of hydrogen-bond donors (Lipinski definition) is 2. The van der Waals surface area contributed by atoms with E-state index in [1.54, 1.807) is 7.05 Å². The van der Waals surface area contributed by atoms with Gasteiger partial charge in [0.15, 0.2) is 5.96 Å². The molecule has 2 heterocycles. The lowest BCUT2D eigenvalue weighted by molar-refractivity contribution is -0.128. The van der Waals surface area contributed by atoms with Gasteiger partial charge in [-0.15, -0.1) is 24.0 Å². The Hall–Kier alpha value is -1.84. The van der Waals surface area contributed by atoms with Crippen LogP contribution in [0, 0.1) is 5.92 Å². The van der Waals surface area contributed by atoms with Crippen LogP contribution in [0.4, 0.5) is 0 Å². The molecule has 7 nitrogen and oxygen atoms in total. The largest absolute Gasteiger partial charge is 0.359 e. The van der Waals surface area contributed by atoms with Gasteiger partial charge in [0.25, 0.3) is 0 Å². The Morgan fingerprint density at radius 2 is 1.80 bits per heavy atom. The summed E-state index contributed by atoms with van der Waals surface area (Å²) in [6.45, 7) is 4.14. The van der Waals surface area contributed by atoms with Gasteiger partial charge in [-0.2, -0.15) is 0 Å². The van der Waals surface area contributed by atoms with Gasteiger partial charge >= 0.3 is 0 Å². The van der Waals surface area contributed by atoms with E-state index < -0.39 is 0 Å². The Balaban J connectivity index is 0.00000320. The quantitative estimate of drug-likeness (QED) is 0.339. The molecule has 0 spiro atoms. The Morgan fingerprint density at radius 3 is 2.37 bits per heavy atom. The van der Waals surface area contributed by atoms with Crippen LogP contribution in [0.5, 0.6) is 0 Å². The number of guanidine groups is 1. The van der Waals surface area contributed by atoms with Crippen LogP contribution < -0.4 is 10.6 Å². The standard InChI is InChI=1S/C22H33N5O2.HI/c1-23-20(28)14-17-9-12-26(13-10-17)22(24-2)25-15-18-5-7-19(8-6-18)16-27-11-3-4-21(27)29;/h5-8,17H,3-4,9-16H2,1-2H3,(H,23,28)(H,24,25);1H. The average Bonchev–Trinajstić information content (AvgIpc) is 3.15. The molecule has 0 saturated carbocycles. The van der Waals surface area contributed by atoms with E-state index in [4.69, 9.17) is 0 Å². The van der Waals surface area contributed by atoms with Gasteiger partial charge < -0.3 is 20.4 Å². The maximum absolute atomic E-state index is 11.8. The lowest BCUT2D eigenvalue weighted by atomic mass is 9.93. The molecule has 2 amide bonds. The van der Waals surface area contributed by atoms with E-state index in [2.05, 4.69) is 44.8 Å². The van der Waals surface area contributed by atoms with E-state index >= 15 is 0 Å². The van der Waals surface area contributed by atoms with Gasteiger partial charge in [-0.05, 0) is 36.3 Å². The molecule has 30 heavy (non-hydrogen) atoms. The fraction of sp³-hybridized carbons (Fsp3) is 0.591. The van der Waals surface area contributed by atoms with Gasteiger partial charge in [-0.1, -0.05) is 24.3 Å². The highest BCUT2D eigenvalue weighted by molar-refractivity contribution is 14.0. The SMILES string of the molecule is CN=C(NCc1ccc(CN2CCCC2=O)cc1)N1CCC(CC(=O)NC)CC1.I. The zero-order valence-corrected chi connectivity index (χ0v) is 20.4. The smallest absolute Gasteiger partial charge is 0.222 e. The molecule has 2 fully saturated rings. The zero-order chi connectivity index (χ0) is 20.6. The second-order valence-electron chi connectivity index (χ2n) is 7.94. The lowest BCUT2D eigenvalue weighted by Gasteiger charge is -2.34. The lowest BCUT2D eigenvalue weighted by Crippen LogP contribution is -2.45. The van der Waals surface area contributed by atoms with E-state index in [0.717, 1.165) is 44.9 Å². The number of likely N-dealkylation sites (tertiary alicyclic amines) is 2. The summed E-state index contributed by atoms with van der Waals surface area (Å²) in [6.07, 6.45) is 4.30. The summed E-state index contributed by atoms with van der Waals surface area (Å²) in [4.78, 5) is 32.0. The van der Waals surface area contributed by atoms with Crippen molar-refractivity contribution >= 4 is 41.8 Å². The number of amides is 2. The number of halogens is 1. The van der Waals surface area contributed by atoms with Crippen molar-refractivity contribution in [2.45, 2.75) is 45.2 Å². The van der Waals surface area contributed by atoms with Crippen LogP contribution in [0.2, 0.25) is 0 Å². The van der Waals surface area contributed by atoms with Gasteiger partial charge in [0.2, 0.25) is 11.8 Å². The van der Waals surface area contributed by atoms with Crippen LogP contribution >= 0.6 is 24.0 Å². The monoisotopic (exact) mass is 527 g/mol. The number of nitrogens with zero attached hydrogens (tertiary/aromatic N) is 3. The van der Waals surface area contributed by atoms with E-state index in [9.17, 15) is 9.59 Å². The molecule has 0 unspecified atom stereocenters. The van der Waals surface area contributed by atoms with Gasteiger partial charge in [0.05, 0.1) is 0 Å². The predicted molar refractivity (Wildman–Crippen MR) is 130 cm³/mol. The Bertz CT molecular complexity index is 730. The van der Waals surface area contributed by atoms with Crippen molar-refractivity contribution in [3.05, 3.63) is 35.4 Å². The van der Waals surface area contributed by atoms with Crippen molar-refractivity contribution < 1.29 is 9.59 Å². The maximum atomic E-state index is 11.8. The van der Waals surface area contributed by atoms with Crippen LogP contribution in [-0.4, -0.2) is 61.3 Å². The summed E-state index contributed by atoms with van der Waals surface area (Å²) in [5.74, 6) is 1.76. The molecule has 1 aromatic rings. The second-order valence-corrected chi connectivity index (χ2v) is 7.94. The molecule has 2 saturated heterocycles. The molecular formula is C22H34IN5O2. The number of carbonyl (C=O) groups excluding carboxylic acids is 2. The van der Waals surface area contributed by atoms with Gasteiger partial charge in [0, 0.05) is 59.7 Å². The molecule has 0 aliphatic carbocycles. The van der Waals surface area contributed by atoms with Crippen molar-refractivity contribution in [1.82, 2.24) is 20.4 Å². The molecule has 0 atom stereocenters. The number of carbonyl (C=O) groups is 2. The van der Waals surface area contributed by atoms with E-state index in [-0.39, 0.29) is 35.8 Å². The second kappa shape index (κ2) is 12.1. The third-order valence-corrected chi connectivity index (χ3v) is 5.90. The van der Waals surface area contributed by atoms with Gasteiger partial charge in [-0.3, -0.25) is 14.6 Å². The molecule has 0 aromatic heterocycles. The molecule has 1 aromatic carbocycles. The fourth-order valence-corrected chi connectivity index (χ4v) is 4.08. The van der Waals surface area contributed by atoms with E-state index in [1.807, 2.05) is 11.9 Å². The summed E-state index contributed by atoms with van der Waals surface area (Å²) in [6, 6.07) is 8.45. The number of nitrogens with one attached hydrogen (secondary N) is 2.